The van der Waals surface area contributed by atoms with Gasteiger partial charge in [0.25, 0.3) is 0 Å². The first kappa shape index (κ1) is 18.9. The number of nitrogens with zero attached hydrogens (tertiary/aromatic N) is 6. The van der Waals surface area contributed by atoms with Gasteiger partial charge in [0.05, 0.1) is 0 Å². The highest BCUT2D eigenvalue weighted by atomic mass is 127. The maximum absolute atomic E-state index is 13.7. The van der Waals surface area contributed by atoms with Crippen LogP contribution in [0.5, 0.6) is 0 Å². The summed E-state index contributed by atoms with van der Waals surface area (Å²) in [6.45, 7) is 1.51. The first-order valence-electron chi connectivity index (χ1n) is 7.52. The largest absolute Gasteiger partial charge is 0.491 e. The normalized spacial score (nSPS) is 13.0. The van der Waals surface area contributed by atoms with Crippen molar-refractivity contribution in [3.8, 4) is 11.5 Å². The van der Waals surface area contributed by atoms with E-state index in [2.05, 4.69) is 19.9 Å². The Hall–Kier alpha value is -2.45. The molecule has 4 heterocycles. The lowest BCUT2D eigenvalue weighted by molar-refractivity contribution is -0.200. The summed E-state index contributed by atoms with van der Waals surface area (Å²) in [5, 5.41) is 0. The number of hydrogen-bond acceptors (Lipinski definition) is 4. The molecule has 4 aromatic rings. The molecule has 13 heteroatoms. The molecule has 0 spiro atoms. The average molecular weight is 512 g/mol. The maximum atomic E-state index is 13.7. The van der Waals surface area contributed by atoms with Crippen molar-refractivity contribution >= 4 is 39.5 Å². The lowest BCUT2D eigenvalue weighted by atomic mass is 10.3. The molecule has 0 aliphatic rings. The van der Waals surface area contributed by atoms with Crippen LogP contribution in [0.2, 0.25) is 0 Å². The zero-order chi connectivity index (χ0) is 20.4. The first-order chi connectivity index (χ1) is 13.0. The average Bonchev–Trinajstić information content (AvgIpc) is 3.11. The molecule has 4 rings (SSSR count). The number of rotatable bonds is 1. The predicted octanol–water partition coefficient (Wildman–Crippen LogP) is 4.55. The van der Waals surface area contributed by atoms with Crippen LogP contribution in [0.1, 0.15) is 11.4 Å². The zero-order valence-corrected chi connectivity index (χ0v) is 15.8. The summed E-state index contributed by atoms with van der Waals surface area (Å²) in [7, 11) is 0. The van der Waals surface area contributed by atoms with Gasteiger partial charge in [-0.3, -0.25) is 4.40 Å². The highest BCUT2D eigenvalue weighted by Gasteiger charge is 2.39. The van der Waals surface area contributed by atoms with Gasteiger partial charge in [0, 0.05) is 11.9 Å². The number of pyridine rings is 1. The van der Waals surface area contributed by atoms with Crippen molar-refractivity contribution in [2.24, 2.45) is 0 Å². The van der Waals surface area contributed by atoms with Gasteiger partial charge < -0.3 is 0 Å². The van der Waals surface area contributed by atoms with Crippen molar-refractivity contribution in [2.75, 3.05) is 0 Å². The van der Waals surface area contributed by atoms with Crippen molar-refractivity contribution in [2.45, 2.75) is 19.4 Å². The Labute approximate surface area is 165 Å². The maximum Gasteiger partial charge on any atom is 0.491 e. The number of halogens is 7. The summed E-state index contributed by atoms with van der Waals surface area (Å²) >= 11 is 1.50. The van der Waals surface area contributed by atoms with E-state index in [1.54, 1.807) is 0 Å². The predicted molar refractivity (Wildman–Crippen MR) is 93.3 cm³/mol. The standard InChI is InChI=1S/C15H7F6IN6/c1-6-2-3-7-11(24-6)28(15(19,20)21)12(25-7)9-10(22)27-8(14(16,17)18)4-5-23-13(27)26-9/h2-5H,1H3. The smallest absolute Gasteiger partial charge is 0.266 e. The van der Waals surface area contributed by atoms with Crippen LogP contribution in [-0.4, -0.2) is 28.9 Å². The number of imidazole rings is 2. The van der Waals surface area contributed by atoms with Crippen molar-refractivity contribution in [1.82, 2.24) is 28.9 Å². The van der Waals surface area contributed by atoms with Gasteiger partial charge in [0.1, 0.15) is 20.6 Å². The topological polar surface area (TPSA) is 60.9 Å². The van der Waals surface area contributed by atoms with Crippen LogP contribution in [0.15, 0.2) is 24.4 Å². The molecular formula is C15H7F6IN6. The molecule has 0 radical (unpaired) electrons. The Morgan fingerprint density at radius 2 is 1.68 bits per heavy atom. The van der Waals surface area contributed by atoms with Crippen LogP contribution >= 0.6 is 22.6 Å². The highest BCUT2D eigenvalue weighted by molar-refractivity contribution is 14.1. The fourth-order valence-electron chi connectivity index (χ4n) is 2.75. The number of aryl methyl sites for hydroxylation is 1. The van der Waals surface area contributed by atoms with Crippen molar-refractivity contribution in [3.05, 3.63) is 39.5 Å². The molecule has 146 valence electrons. The molecule has 0 aromatic carbocycles. The lowest BCUT2D eigenvalue weighted by Crippen LogP contribution is -2.19. The van der Waals surface area contributed by atoms with Crippen LogP contribution in [0, 0.1) is 10.6 Å². The van der Waals surface area contributed by atoms with Crippen LogP contribution in [0.25, 0.3) is 28.5 Å². The number of alkyl halides is 6. The molecule has 0 saturated carbocycles. The van der Waals surface area contributed by atoms with E-state index in [0.717, 1.165) is 12.3 Å². The Balaban J connectivity index is 2.09. The van der Waals surface area contributed by atoms with E-state index in [1.807, 2.05) is 0 Å². The van der Waals surface area contributed by atoms with Gasteiger partial charge in [0.2, 0.25) is 5.78 Å². The summed E-state index contributed by atoms with van der Waals surface area (Å²) < 4.78 is 81.5. The molecule has 0 unspecified atom stereocenters. The quantitative estimate of drug-likeness (QED) is 0.278. The van der Waals surface area contributed by atoms with E-state index < -0.39 is 29.6 Å². The second-order valence-corrected chi connectivity index (χ2v) is 6.77. The summed E-state index contributed by atoms with van der Waals surface area (Å²) in [6, 6.07) is 3.56. The number of hydrogen-bond donors (Lipinski definition) is 0. The van der Waals surface area contributed by atoms with Gasteiger partial charge in [-0.2, -0.15) is 13.2 Å². The van der Waals surface area contributed by atoms with Gasteiger partial charge in [-0.15, -0.1) is 13.2 Å². The Kier molecular flexibility index (Phi) is 4.06. The molecule has 28 heavy (non-hydrogen) atoms. The van der Waals surface area contributed by atoms with Gasteiger partial charge in [-0.05, 0) is 47.7 Å². The highest BCUT2D eigenvalue weighted by Crippen LogP contribution is 2.37. The fraction of sp³-hybridized carbons (Fsp3) is 0.200. The van der Waals surface area contributed by atoms with Gasteiger partial charge in [-0.1, -0.05) is 0 Å². The zero-order valence-electron chi connectivity index (χ0n) is 13.6. The fourth-order valence-corrected chi connectivity index (χ4v) is 3.59. The molecule has 6 nitrogen and oxygen atoms in total. The number of fused-ring (bicyclic) bond motifs is 2. The second-order valence-electron chi connectivity index (χ2n) is 5.75. The Morgan fingerprint density at radius 3 is 2.32 bits per heavy atom. The van der Waals surface area contributed by atoms with Gasteiger partial charge in [0.15, 0.2) is 11.5 Å². The van der Waals surface area contributed by atoms with E-state index in [1.165, 1.54) is 41.6 Å². The molecule has 0 N–H and O–H groups in total. The minimum absolute atomic E-state index is 0.0604. The molecule has 0 aliphatic carbocycles. The minimum atomic E-state index is -4.91. The van der Waals surface area contributed by atoms with E-state index >= 15 is 0 Å². The van der Waals surface area contributed by atoms with Crippen LogP contribution < -0.4 is 0 Å². The third-order valence-electron chi connectivity index (χ3n) is 3.87. The summed E-state index contributed by atoms with van der Waals surface area (Å²) in [4.78, 5) is 15.4. The molecule has 0 saturated heterocycles. The van der Waals surface area contributed by atoms with E-state index in [0.29, 0.717) is 10.1 Å². The van der Waals surface area contributed by atoms with E-state index in [-0.39, 0.29) is 25.3 Å². The third-order valence-corrected chi connectivity index (χ3v) is 4.86. The minimum Gasteiger partial charge on any atom is -0.266 e. The monoisotopic (exact) mass is 512 g/mol. The molecule has 0 atom stereocenters. The van der Waals surface area contributed by atoms with Crippen molar-refractivity contribution < 1.29 is 26.3 Å². The molecule has 4 aromatic heterocycles. The van der Waals surface area contributed by atoms with Crippen molar-refractivity contribution in [3.63, 3.8) is 0 Å². The van der Waals surface area contributed by atoms with Crippen LogP contribution in [0.4, 0.5) is 26.3 Å². The molecule has 0 fully saturated rings. The molecule has 0 bridgehead atoms. The first-order valence-corrected chi connectivity index (χ1v) is 8.60. The van der Waals surface area contributed by atoms with Crippen LogP contribution in [-0.2, 0) is 12.5 Å². The number of aromatic nitrogens is 6. The van der Waals surface area contributed by atoms with Crippen LogP contribution in [0.3, 0.4) is 0 Å². The summed E-state index contributed by atoms with van der Waals surface area (Å²) in [6.07, 6.45) is -8.77. The Morgan fingerprint density at radius 1 is 0.964 bits per heavy atom. The van der Waals surface area contributed by atoms with E-state index in [4.69, 9.17) is 0 Å². The Bertz CT molecular complexity index is 1220. The summed E-state index contributed by atoms with van der Waals surface area (Å²) in [5.74, 6) is -1.05. The molecular weight excluding hydrogens is 505 g/mol. The molecule has 0 aliphatic heterocycles. The lowest BCUT2D eigenvalue weighted by Gasteiger charge is -2.11. The SMILES string of the molecule is Cc1ccc2nc(-c3nc4nccc(C(F)(F)F)n4c3I)n(C(F)(F)F)c2n1. The molecule has 0 amide bonds. The second kappa shape index (κ2) is 6.02. The van der Waals surface area contributed by atoms with E-state index in [9.17, 15) is 26.3 Å². The van der Waals surface area contributed by atoms with Crippen molar-refractivity contribution in [1.29, 1.82) is 0 Å². The third kappa shape index (κ3) is 2.87. The van der Waals surface area contributed by atoms with Gasteiger partial charge in [-0.25, -0.2) is 24.5 Å². The van der Waals surface area contributed by atoms with Gasteiger partial charge >= 0.3 is 12.5 Å². The summed E-state index contributed by atoms with van der Waals surface area (Å²) in [5.41, 5.74) is -1.67.